The molecule has 0 aliphatic heterocycles. The van der Waals surface area contributed by atoms with E-state index in [4.69, 9.17) is 9.63 Å². The summed E-state index contributed by atoms with van der Waals surface area (Å²) in [4.78, 5) is 19.7. The Labute approximate surface area is 95.1 Å². The van der Waals surface area contributed by atoms with Crippen molar-refractivity contribution in [2.24, 2.45) is 0 Å². The van der Waals surface area contributed by atoms with Gasteiger partial charge < -0.3 is 4.74 Å². The fourth-order valence-corrected chi connectivity index (χ4v) is 1.60. The lowest BCUT2D eigenvalue weighted by Crippen LogP contribution is -2.04. The number of hydrogen-bond donors (Lipinski definition) is 1. The van der Waals surface area contributed by atoms with Crippen molar-refractivity contribution in [2.75, 3.05) is 6.16 Å². The van der Waals surface area contributed by atoms with Crippen molar-refractivity contribution in [3.05, 3.63) is 35.9 Å². The molecule has 1 rings (SSSR count). The molecule has 0 amide bonds. The molecule has 0 saturated heterocycles. The molecule has 5 heteroatoms. The molecular weight excluding hydrogens is 227 g/mol. The molecule has 0 saturated carbocycles. The summed E-state index contributed by atoms with van der Waals surface area (Å²) >= 11 is 0. The average Bonchev–Trinajstić information content (AvgIpc) is 2.27. The van der Waals surface area contributed by atoms with Gasteiger partial charge in [-0.2, -0.15) is 4.89 Å². The normalized spacial score (nSPS) is 10.9. The number of carbonyl (C=O) groups excluding carboxylic acids is 1. The van der Waals surface area contributed by atoms with Gasteiger partial charge in [0.1, 0.15) is 6.61 Å². The number of rotatable bonds is 6. The van der Waals surface area contributed by atoms with Gasteiger partial charge in [0.2, 0.25) is 0 Å². The summed E-state index contributed by atoms with van der Waals surface area (Å²) in [6.07, 6.45) is 0.726. The first-order valence-electron chi connectivity index (χ1n) is 5.01. The lowest BCUT2D eigenvalue weighted by molar-refractivity contribution is -0.144. The summed E-state index contributed by atoms with van der Waals surface area (Å²) in [5, 5.41) is 0. The van der Waals surface area contributed by atoms with Crippen LogP contribution in [-0.4, -0.2) is 17.0 Å². The molecule has 0 heterocycles. The molecule has 0 aliphatic carbocycles. The van der Waals surface area contributed by atoms with Gasteiger partial charge >= 0.3 is 14.0 Å². The maximum atomic E-state index is 11.2. The summed E-state index contributed by atoms with van der Waals surface area (Å²) < 4.78 is 15.4. The molecule has 0 fully saturated rings. The van der Waals surface area contributed by atoms with Crippen LogP contribution in [0, 0.1) is 0 Å². The smallest absolute Gasteiger partial charge is 0.461 e. The minimum atomic E-state index is -2.14. The van der Waals surface area contributed by atoms with E-state index in [1.165, 1.54) is 0 Å². The van der Waals surface area contributed by atoms with Crippen molar-refractivity contribution in [2.45, 2.75) is 19.4 Å². The van der Waals surface area contributed by atoms with Gasteiger partial charge in [-0.1, -0.05) is 30.3 Å². The van der Waals surface area contributed by atoms with Crippen molar-refractivity contribution >= 4 is 14.0 Å². The van der Waals surface area contributed by atoms with E-state index < -0.39 is 8.03 Å². The van der Waals surface area contributed by atoms with Gasteiger partial charge in [-0.15, -0.1) is 0 Å². The maximum Gasteiger partial charge on any atom is 0.505 e. The van der Waals surface area contributed by atoms with Crippen LogP contribution in [-0.2, 0) is 20.7 Å². The second-order valence-electron chi connectivity index (χ2n) is 3.33. The number of carbonyl (C=O) groups is 1. The summed E-state index contributed by atoms with van der Waals surface area (Å²) in [5.74, 6) is -0.333. The standard InChI is InChI=1S/C11H13O4P/c12-11(7-4-8-16(13)14)15-9-10-5-2-1-3-6-10/h1-3,5-6H,4,7-9H2/p+1. The Balaban J connectivity index is 2.18. The fraction of sp³-hybridized carbons (Fsp3) is 0.364. The van der Waals surface area contributed by atoms with Gasteiger partial charge in [0.25, 0.3) is 0 Å². The lowest BCUT2D eigenvalue weighted by atomic mass is 10.2. The predicted molar refractivity (Wildman–Crippen MR) is 60.2 cm³/mol. The summed E-state index contributed by atoms with van der Waals surface area (Å²) in [5.41, 5.74) is 0.934. The lowest BCUT2D eigenvalue weighted by Gasteiger charge is -2.03. The Bertz CT molecular complexity index is 350. The maximum absolute atomic E-state index is 11.2. The van der Waals surface area contributed by atoms with Crippen LogP contribution in [0.5, 0.6) is 0 Å². The van der Waals surface area contributed by atoms with Crippen LogP contribution < -0.4 is 0 Å². The van der Waals surface area contributed by atoms with Crippen molar-refractivity contribution in [3.8, 4) is 0 Å². The molecule has 0 aromatic heterocycles. The molecule has 1 atom stereocenters. The summed E-state index contributed by atoms with van der Waals surface area (Å²) in [6.45, 7) is 0.255. The van der Waals surface area contributed by atoms with E-state index in [-0.39, 0.29) is 25.2 Å². The highest BCUT2D eigenvalue weighted by Gasteiger charge is 2.11. The van der Waals surface area contributed by atoms with Crippen LogP contribution in [0.4, 0.5) is 0 Å². The number of benzene rings is 1. The van der Waals surface area contributed by atoms with Crippen molar-refractivity contribution in [1.29, 1.82) is 0 Å². The van der Waals surface area contributed by atoms with E-state index in [2.05, 4.69) is 0 Å². The minimum Gasteiger partial charge on any atom is -0.461 e. The molecule has 4 nitrogen and oxygen atoms in total. The first-order chi connectivity index (χ1) is 7.68. The Hall–Kier alpha value is -1.25. The van der Waals surface area contributed by atoms with Gasteiger partial charge in [-0.3, -0.25) is 4.79 Å². The number of ether oxygens (including phenoxy) is 1. The van der Waals surface area contributed by atoms with Crippen LogP contribution >= 0.6 is 8.03 Å². The van der Waals surface area contributed by atoms with E-state index in [0.717, 1.165) is 5.56 Å². The number of esters is 1. The molecular formula is C11H14O4P+. The monoisotopic (exact) mass is 241 g/mol. The van der Waals surface area contributed by atoms with E-state index in [1.54, 1.807) is 0 Å². The van der Waals surface area contributed by atoms with Crippen molar-refractivity contribution in [1.82, 2.24) is 0 Å². The van der Waals surface area contributed by atoms with Crippen LogP contribution in [0.15, 0.2) is 30.3 Å². The molecule has 1 N–H and O–H groups in total. The third-order valence-corrected chi connectivity index (χ3v) is 2.67. The Morgan fingerprint density at radius 3 is 2.62 bits per heavy atom. The molecule has 0 radical (unpaired) electrons. The minimum absolute atomic E-state index is 0.149. The Morgan fingerprint density at radius 1 is 1.31 bits per heavy atom. The predicted octanol–water partition coefficient (Wildman–Crippen LogP) is 2.24. The van der Waals surface area contributed by atoms with E-state index in [0.29, 0.717) is 6.42 Å². The Morgan fingerprint density at radius 2 is 2.00 bits per heavy atom. The SMILES string of the molecule is O=C(CCC[P+](=O)O)OCc1ccccc1. The summed E-state index contributed by atoms with van der Waals surface area (Å²) in [6, 6.07) is 9.39. The largest absolute Gasteiger partial charge is 0.505 e. The van der Waals surface area contributed by atoms with Gasteiger partial charge in [-0.25, -0.2) is 0 Å². The fourth-order valence-electron chi connectivity index (χ4n) is 1.17. The first kappa shape index (κ1) is 12.8. The van der Waals surface area contributed by atoms with Gasteiger partial charge in [0.05, 0.1) is 0 Å². The molecule has 1 aromatic rings. The second-order valence-corrected chi connectivity index (χ2v) is 4.48. The molecule has 0 bridgehead atoms. The molecule has 0 spiro atoms. The zero-order valence-corrected chi connectivity index (χ0v) is 9.73. The van der Waals surface area contributed by atoms with Crippen LogP contribution in [0.2, 0.25) is 0 Å². The first-order valence-corrected chi connectivity index (χ1v) is 6.41. The molecule has 86 valence electrons. The molecule has 1 unspecified atom stereocenters. The van der Waals surface area contributed by atoms with Crippen LogP contribution in [0.3, 0.4) is 0 Å². The highest BCUT2D eigenvalue weighted by atomic mass is 31.1. The Kier molecular flexibility index (Phi) is 5.68. The molecule has 0 aliphatic rings. The van der Waals surface area contributed by atoms with E-state index >= 15 is 0 Å². The zero-order chi connectivity index (χ0) is 11.8. The highest BCUT2D eigenvalue weighted by Crippen LogP contribution is 2.15. The topological polar surface area (TPSA) is 63.6 Å². The van der Waals surface area contributed by atoms with Gasteiger partial charge in [0.15, 0.2) is 6.16 Å². The summed E-state index contributed by atoms with van der Waals surface area (Å²) in [7, 11) is -2.14. The third-order valence-electron chi connectivity index (χ3n) is 1.97. The van der Waals surface area contributed by atoms with E-state index in [1.807, 2.05) is 30.3 Å². The average molecular weight is 241 g/mol. The molecule has 1 aromatic carbocycles. The van der Waals surface area contributed by atoms with E-state index in [9.17, 15) is 9.36 Å². The van der Waals surface area contributed by atoms with Gasteiger partial charge in [-0.05, 0) is 10.1 Å². The van der Waals surface area contributed by atoms with Crippen LogP contribution in [0.1, 0.15) is 18.4 Å². The third kappa shape index (κ3) is 5.59. The highest BCUT2D eigenvalue weighted by molar-refractivity contribution is 7.37. The zero-order valence-electron chi connectivity index (χ0n) is 8.83. The van der Waals surface area contributed by atoms with Crippen molar-refractivity contribution < 1.29 is 19.0 Å². The van der Waals surface area contributed by atoms with Crippen LogP contribution in [0.25, 0.3) is 0 Å². The molecule has 16 heavy (non-hydrogen) atoms. The van der Waals surface area contributed by atoms with Gasteiger partial charge in [0, 0.05) is 12.8 Å². The quantitative estimate of drug-likeness (QED) is 0.612. The number of hydrogen-bond acceptors (Lipinski definition) is 3. The second kappa shape index (κ2) is 7.09. The van der Waals surface area contributed by atoms with Crippen molar-refractivity contribution in [3.63, 3.8) is 0 Å².